The van der Waals surface area contributed by atoms with Crippen LogP contribution in [0, 0.1) is 6.92 Å². The summed E-state index contributed by atoms with van der Waals surface area (Å²) in [5, 5.41) is 24.5. The molecule has 7 heteroatoms. The van der Waals surface area contributed by atoms with E-state index in [0.717, 1.165) is 25.3 Å². The molecule has 2 heterocycles. The smallest absolute Gasteiger partial charge is 0.290 e. The zero-order chi connectivity index (χ0) is 20.0. The first-order chi connectivity index (χ1) is 12.5. The number of hydrogen-bond donors (Lipinski definition) is 5. The van der Waals surface area contributed by atoms with Gasteiger partial charge in [-0.25, -0.2) is 0 Å². The first-order valence-corrected chi connectivity index (χ1v) is 8.92. The number of hydrogen-bond acceptors (Lipinski definition) is 6. The lowest BCUT2D eigenvalue weighted by Gasteiger charge is -1.97. The molecular formula is C19H37N3O4. The molecule has 2 aliphatic heterocycles. The number of β-amino-alcohol motifs (C(OH)–C–C–N with tert-alkyl or cyclic N) is 1. The highest BCUT2D eigenvalue weighted by Gasteiger charge is 2.08. The van der Waals surface area contributed by atoms with Crippen LogP contribution < -0.4 is 20.7 Å². The van der Waals surface area contributed by atoms with Crippen LogP contribution in [-0.2, 0) is 4.79 Å². The third-order valence-electron chi connectivity index (χ3n) is 3.25. The second kappa shape index (κ2) is 21.4. The normalized spacial score (nSPS) is 16.9. The molecule has 5 N–H and O–H groups in total. The van der Waals surface area contributed by atoms with Crippen LogP contribution in [0.25, 0.3) is 0 Å². The Kier molecular flexibility index (Phi) is 21.8. The molecule has 1 unspecified atom stereocenters. The number of carbonyl (C=O) groups is 1. The van der Waals surface area contributed by atoms with Crippen LogP contribution in [0.5, 0.6) is 5.75 Å². The summed E-state index contributed by atoms with van der Waals surface area (Å²) >= 11 is 0. The Hall–Kier alpha value is -1.67. The number of carboxylic acid groups (broad SMARTS) is 1. The number of aliphatic hydroxyl groups is 1. The van der Waals surface area contributed by atoms with E-state index in [2.05, 4.69) is 22.9 Å². The van der Waals surface area contributed by atoms with Crippen LogP contribution in [0.1, 0.15) is 24.8 Å². The lowest BCUT2D eigenvalue weighted by Crippen LogP contribution is -2.11. The number of nitrogens with one attached hydrogen (secondary N) is 3. The molecule has 2 saturated heterocycles. The zero-order valence-corrected chi connectivity index (χ0v) is 16.6. The number of rotatable bonds is 1. The van der Waals surface area contributed by atoms with Gasteiger partial charge in [0.1, 0.15) is 5.75 Å². The van der Waals surface area contributed by atoms with Gasteiger partial charge in [0.05, 0.1) is 13.2 Å². The molecule has 0 aromatic heterocycles. The molecule has 1 aromatic rings. The van der Waals surface area contributed by atoms with Gasteiger partial charge >= 0.3 is 0 Å². The van der Waals surface area contributed by atoms with E-state index in [1.807, 2.05) is 38.4 Å². The van der Waals surface area contributed by atoms with Gasteiger partial charge in [0.2, 0.25) is 0 Å². The van der Waals surface area contributed by atoms with Gasteiger partial charge in [0, 0.05) is 6.54 Å². The fraction of sp³-hybridized carbons (Fsp3) is 0.632. The van der Waals surface area contributed by atoms with Gasteiger partial charge in [-0.15, -0.1) is 0 Å². The minimum absolute atomic E-state index is 0.0648. The van der Waals surface area contributed by atoms with Crippen molar-refractivity contribution < 1.29 is 19.7 Å². The zero-order valence-electron chi connectivity index (χ0n) is 16.6. The molecule has 0 aliphatic carbocycles. The van der Waals surface area contributed by atoms with Crippen molar-refractivity contribution in [2.24, 2.45) is 0 Å². The van der Waals surface area contributed by atoms with Gasteiger partial charge in [-0.05, 0) is 72.0 Å². The van der Waals surface area contributed by atoms with E-state index >= 15 is 0 Å². The van der Waals surface area contributed by atoms with Crippen LogP contribution in [-0.4, -0.2) is 70.2 Å². The molecule has 3 rings (SSSR count). The summed E-state index contributed by atoms with van der Waals surface area (Å²) in [6, 6.07) is 7.96. The van der Waals surface area contributed by atoms with Crippen molar-refractivity contribution >= 4 is 6.47 Å². The molecule has 2 fully saturated rings. The van der Waals surface area contributed by atoms with Gasteiger partial charge < -0.3 is 30.9 Å². The van der Waals surface area contributed by atoms with Gasteiger partial charge in [-0.3, -0.25) is 4.79 Å². The van der Waals surface area contributed by atoms with Gasteiger partial charge in [0.15, 0.2) is 0 Å². The molecule has 0 spiro atoms. The molecule has 7 nitrogen and oxygen atoms in total. The lowest BCUT2D eigenvalue weighted by atomic mass is 10.2. The van der Waals surface area contributed by atoms with E-state index in [0.29, 0.717) is 0 Å². The Balaban J connectivity index is 0. The molecule has 0 amide bonds. The maximum absolute atomic E-state index is 8.67. The minimum atomic E-state index is -0.250. The molecule has 0 radical (unpaired) electrons. The quantitative estimate of drug-likeness (QED) is 0.474. The van der Waals surface area contributed by atoms with Crippen molar-refractivity contribution in [3.05, 3.63) is 29.8 Å². The Morgan fingerprint density at radius 3 is 1.85 bits per heavy atom. The van der Waals surface area contributed by atoms with Crippen molar-refractivity contribution in [1.82, 2.24) is 16.0 Å². The summed E-state index contributed by atoms with van der Waals surface area (Å²) in [6.07, 6.45) is 3.64. The molecule has 0 saturated carbocycles. The highest BCUT2D eigenvalue weighted by atomic mass is 16.5. The van der Waals surface area contributed by atoms with Crippen LogP contribution in [0.4, 0.5) is 0 Å². The highest BCUT2D eigenvalue weighted by molar-refractivity contribution is 5.32. The van der Waals surface area contributed by atoms with Crippen molar-refractivity contribution in [3.63, 3.8) is 0 Å². The number of aliphatic hydroxyl groups excluding tert-OH is 1. The SMILES string of the molecule is C1CCNC1.CNC.COc1ccc(C)cc1.O=CO.OC1CCNC1. The second-order valence-corrected chi connectivity index (χ2v) is 5.73. The van der Waals surface area contributed by atoms with Crippen molar-refractivity contribution in [2.45, 2.75) is 32.3 Å². The summed E-state index contributed by atoms with van der Waals surface area (Å²) in [5.41, 5.74) is 1.26. The van der Waals surface area contributed by atoms with E-state index in [1.165, 1.54) is 31.5 Å². The summed E-state index contributed by atoms with van der Waals surface area (Å²) in [5.74, 6) is 0.917. The molecule has 152 valence electrons. The van der Waals surface area contributed by atoms with Crippen LogP contribution in [0.15, 0.2) is 24.3 Å². The van der Waals surface area contributed by atoms with E-state index < -0.39 is 0 Å². The number of benzene rings is 1. The molecular weight excluding hydrogens is 334 g/mol. The predicted molar refractivity (Wildman–Crippen MR) is 107 cm³/mol. The standard InChI is InChI=1S/C8H10O.C4H9NO.C4H9N.C2H7N.CH2O2/c1-7-3-5-8(9-2)6-4-7;6-4-1-2-5-3-4;1-2-4-5-3-1;1-3-2;2-1-3/h3-6H,1-2H3;4-6H,1-3H2;5H,1-4H2;3H,1-2H3;1H,(H,2,3). The van der Waals surface area contributed by atoms with Crippen molar-refractivity contribution in [3.8, 4) is 5.75 Å². The summed E-state index contributed by atoms with van der Waals surface area (Å²) in [7, 11) is 5.42. The molecule has 0 bridgehead atoms. The van der Waals surface area contributed by atoms with Crippen LogP contribution in [0.3, 0.4) is 0 Å². The van der Waals surface area contributed by atoms with E-state index in [4.69, 9.17) is 19.7 Å². The average molecular weight is 372 g/mol. The fourth-order valence-electron chi connectivity index (χ4n) is 1.94. The van der Waals surface area contributed by atoms with Gasteiger partial charge in [0.25, 0.3) is 6.47 Å². The largest absolute Gasteiger partial charge is 0.497 e. The monoisotopic (exact) mass is 371 g/mol. The number of ether oxygens (including phenoxy) is 1. The fourth-order valence-corrected chi connectivity index (χ4v) is 1.94. The Morgan fingerprint density at radius 1 is 1.12 bits per heavy atom. The summed E-state index contributed by atoms with van der Waals surface area (Å²) < 4.78 is 4.97. The Labute approximate surface area is 158 Å². The highest BCUT2D eigenvalue weighted by Crippen LogP contribution is 2.09. The first kappa shape index (κ1) is 26.6. The number of methoxy groups -OCH3 is 1. The van der Waals surface area contributed by atoms with Gasteiger partial charge in [-0.1, -0.05) is 17.7 Å². The molecule has 26 heavy (non-hydrogen) atoms. The van der Waals surface area contributed by atoms with Crippen molar-refractivity contribution in [2.75, 3.05) is 47.4 Å². The molecule has 1 aromatic carbocycles. The van der Waals surface area contributed by atoms with Crippen molar-refractivity contribution in [1.29, 1.82) is 0 Å². The van der Waals surface area contributed by atoms with E-state index in [9.17, 15) is 0 Å². The second-order valence-electron chi connectivity index (χ2n) is 5.73. The predicted octanol–water partition coefficient (Wildman–Crippen LogP) is 1.25. The van der Waals surface area contributed by atoms with Crippen LogP contribution in [0.2, 0.25) is 0 Å². The first-order valence-electron chi connectivity index (χ1n) is 8.92. The summed E-state index contributed by atoms with van der Waals surface area (Å²) in [6.45, 7) is 6.08. The molecule has 1 atom stereocenters. The average Bonchev–Trinajstić information content (AvgIpc) is 3.34. The van der Waals surface area contributed by atoms with E-state index in [-0.39, 0.29) is 12.6 Å². The maximum Gasteiger partial charge on any atom is 0.290 e. The summed E-state index contributed by atoms with van der Waals surface area (Å²) in [4.78, 5) is 8.36. The maximum atomic E-state index is 8.67. The van der Waals surface area contributed by atoms with Crippen LogP contribution >= 0.6 is 0 Å². The minimum Gasteiger partial charge on any atom is -0.497 e. The Bertz CT molecular complexity index is 385. The third-order valence-corrected chi connectivity index (χ3v) is 3.25. The third kappa shape index (κ3) is 20.4. The lowest BCUT2D eigenvalue weighted by molar-refractivity contribution is -0.122. The number of aryl methyl sites for hydroxylation is 1. The van der Waals surface area contributed by atoms with Gasteiger partial charge in [-0.2, -0.15) is 0 Å². The van der Waals surface area contributed by atoms with E-state index in [1.54, 1.807) is 7.11 Å². The molecule has 2 aliphatic rings. The Morgan fingerprint density at radius 2 is 1.62 bits per heavy atom. The topological polar surface area (TPSA) is 103 Å².